The number of aliphatic hydroxyl groups is 1. The number of aliphatic hydroxyl groups excluding tert-OH is 1. The minimum absolute atomic E-state index is 0.0370. The van der Waals surface area contributed by atoms with Gasteiger partial charge in [-0.15, -0.1) is 0 Å². The summed E-state index contributed by atoms with van der Waals surface area (Å²) in [7, 11) is 0. The van der Waals surface area contributed by atoms with Crippen LogP contribution in [0, 0.1) is 5.92 Å². The molecule has 0 spiro atoms. The average molecular weight is 228 g/mol. The smallest absolute Gasteiger partial charge is 0.221 e. The highest BCUT2D eigenvalue weighted by Gasteiger charge is 2.34. The van der Waals surface area contributed by atoms with Crippen LogP contribution in [0.4, 0.5) is 0 Å². The van der Waals surface area contributed by atoms with Gasteiger partial charge in [0.25, 0.3) is 0 Å². The van der Waals surface area contributed by atoms with Crippen molar-refractivity contribution in [2.75, 3.05) is 6.54 Å². The molecule has 1 amide bonds. The van der Waals surface area contributed by atoms with Crippen molar-refractivity contribution in [2.45, 2.75) is 57.6 Å². The quantitative estimate of drug-likeness (QED) is 0.629. The van der Waals surface area contributed by atoms with Crippen molar-refractivity contribution in [3.8, 4) is 0 Å². The van der Waals surface area contributed by atoms with E-state index in [1.165, 1.54) is 0 Å². The molecule has 0 aromatic heterocycles. The monoisotopic (exact) mass is 228 g/mol. The Bertz CT molecular complexity index is 237. The molecule has 0 aromatic rings. The lowest BCUT2D eigenvalue weighted by molar-refractivity contribution is -0.123. The van der Waals surface area contributed by atoms with Gasteiger partial charge in [0.05, 0.1) is 6.10 Å². The van der Waals surface area contributed by atoms with E-state index in [9.17, 15) is 9.90 Å². The second-order valence-electron chi connectivity index (χ2n) is 5.48. The Balaban J connectivity index is 2.14. The average Bonchev–Trinajstić information content (AvgIpc) is 2.11. The van der Waals surface area contributed by atoms with Gasteiger partial charge in [-0.25, -0.2) is 0 Å². The molecule has 0 aromatic carbocycles. The Morgan fingerprint density at radius 1 is 1.50 bits per heavy atom. The molecular weight excluding hydrogens is 204 g/mol. The second-order valence-corrected chi connectivity index (χ2v) is 5.48. The lowest BCUT2D eigenvalue weighted by Gasteiger charge is -2.37. The first-order chi connectivity index (χ1) is 7.41. The first-order valence-electron chi connectivity index (χ1n) is 6.15. The maximum absolute atomic E-state index is 11.5. The van der Waals surface area contributed by atoms with Gasteiger partial charge in [-0.05, 0) is 31.6 Å². The zero-order chi connectivity index (χ0) is 12.2. The Labute approximate surface area is 97.6 Å². The molecule has 16 heavy (non-hydrogen) atoms. The molecule has 94 valence electrons. The molecule has 1 saturated carbocycles. The molecule has 1 unspecified atom stereocenters. The molecule has 4 heteroatoms. The number of rotatable bonds is 6. The van der Waals surface area contributed by atoms with Crippen LogP contribution in [-0.2, 0) is 4.79 Å². The van der Waals surface area contributed by atoms with E-state index >= 15 is 0 Å². The Kier molecular flexibility index (Phi) is 4.74. The number of hydrogen-bond donors (Lipinski definition) is 3. The van der Waals surface area contributed by atoms with Gasteiger partial charge in [0.15, 0.2) is 0 Å². The zero-order valence-corrected chi connectivity index (χ0v) is 10.3. The van der Waals surface area contributed by atoms with Gasteiger partial charge >= 0.3 is 0 Å². The van der Waals surface area contributed by atoms with E-state index in [-0.39, 0.29) is 11.4 Å². The molecule has 0 saturated heterocycles. The van der Waals surface area contributed by atoms with Crippen LogP contribution in [0.3, 0.4) is 0 Å². The second kappa shape index (κ2) is 5.64. The van der Waals surface area contributed by atoms with Gasteiger partial charge in [0, 0.05) is 18.5 Å². The fourth-order valence-electron chi connectivity index (χ4n) is 2.05. The Morgan fingerprint density at radius 2 is 2.12 bits per heavy atom. The van der Waals surface area contributed by atoms with Gasteiger partial charge < -0.3 is 16.2 Å². The molecule has 0 heterocycles. The first kappa shape index (κ1) is 13.5. The van der Waals surface area contributed by atoms with E-state index in [2.05, 4.69) is 5.32 Å². The van der Waals surface area contributed by atoms with Gasteiger partial charge in [-0.2, -0.15) is 0 Å². The summed E-state index contributed by atoms with van der Waals surface area (Å²) in [6.45, 7) is 4.44. The third-order valence-electron chi connectivity index (χ3n) is 3.14. The SMILES string of the molecule is CC(C)CC(O)CNC(=O)CC1(N)CCC1. The van der Waals surface area contributed by atoms with E-state index < -0.39 is 6.10 Å². The van der Waals surface area contributed by atoms with Crippen molar-refractivity contribution >= 4 is 5.91 Å². The lowest BCUT2D eigenvalue weighted by atomic mass is 9.75. The fraction of sp³-hybridized carbons (Fsp3) is 0.917. The van der Waals surface area contributed by atoms with Crippen molar-refractivity contribution in [1.29, 1.82) is 0 Å². The molecule has 0 radical (unpaired) electrons. The maximum atomic E-state index is 11.5. The van der Waals surface area contributed by atoms with E-state index in [4.69, 9.17) is 5.73 Å². The summed E-state index contributed by atoms with van der Waals surface area (Å²) < 4.78 is 0. The van der Waals surface area contributed by atoms with Crippen molar-refractivity contribution in [3.05, 3.63) is 0 Å². The fourth-order valence-corrected chi connectivity index (χ4v) is 2.05. The molecule has 1 aliphatic rings. The van der Waals surface area contributed by atoms with Crippen LogP contribution in [0.2, 0.25) is 0 Å². The largest absolute Gasteiger partial charge is 0.391 e. The third kappa shape index (κ3) is 4.49. The topological polar surface area (TPSA) is 75.3 Å². The summed E-state index contributed by atoms with van der Waals surface area (Å²) in [6, 6.07) is 0. The number of nitrogens with two attached hydrogens (primary N) is 1. The molecule has 1 atom stereocenters. The standard InChI is InChI=1S/C12H24N2O2/c1-9(2)6-10(15)8-14-11(16)7-12(13)4-3-5-12/h9-10,15H,3-8,13H2,1-2H3,(H,14,16). The molecule has 0 aliphatic heterocycles. The van der Waals surface area contributed by atoms with Gasteiger partial charge in [0.1, 0.15) is 0 Å². The van der Waals surface area contributed by atoms with Crippen LogP contribution in [0.1, 0.15) is 46.0 Å². The van der Waals surface area contributed by atoms with Crippen molar-refractivity contribution in [3.63, 3.8) is 0 Å². The van der Waals surface area contributed by atoms with Crippen LogP contribution >= 0.6 is 0 Å². The predicted octanol–water partition coefficient (Wildman–Crippen LogP) is 0.781. The Hall–Kier alpha value is -0.610. The highest BCUT2D eigenvalue weighted by atomic mass is 16.3. The van der Waals surface area contributed by atoms with E-state index in [0.29, 0.717) is 25.3 Å². The minimum atomic E-state index is -0.445. The highest BCUT2D eigenvalue weighted by molar-refractivity contribution is 5.77. The van der Waals surface area contributed by atoms with Crippen LogP contribution in [0.15, 0.2) is 0 Å². The summed E-state index contributed by atoms with van der Waals surface area (Å²) >= 11 is 0. The summed E-state index contributed by atoms with van der Waals surface area (Å²) in [6.07, 6.45) is 3.66. The summed E-state index contributed by atoms with van der Waals surface area (Å²) in [4.78, 5) is 11.5. The lowest BCUT2D eigenvalue weighted by Crippen LogP contribution is -2.50. The van der Waals surface area contributed by atoms with Crippen LogP contribution < -0.4 is 11.1 Å². The molecule has 1 aliphatic carbocycles. The Morgan fingerprint density at radius 3 is 2.56 bits per heavy atom. The summed E-state index contributed by atoms with van der Waals surface area (Å²) in [5.41, 5.74) is 5.70. The van der Waals surface area contributed by atoms with Gasteiger partial charge in [0.2, 0.25) is 5.91 Å². The zero-order valence-electron chi connectivity index (χ0n) is 10.3. The number of hydrogen-bond acceptors (Lipinski definition) is 3. The van der Waals surface area contributed by atoms with Crippen molar-refractivity contribution in [1.82, 2.24) is 5.32 Å². The maximum Gasteiger partial charge on any atom is 0.221 e. The van der Waals surface area contributed by atoms with Gasteiger partial charge in [-0.1, -0.05) is 13.8 Å². The first-order valence-corrected chi connectivity index (χ1v) is 6.15. The van der Waals surface area contributed by atoms with Crippen LogP contribution in [0.5, 0.6) is 0 Å². The molecule has 1 rings (SSSR count). The molecule has 1 fully saturated rings. The van der Waals surface area contributed by atoms with E-state index in [1.54, 1.807) is 0 Å². The van der Waals surface area contributed by atoms with Crippen LogP contribution in [-0.4, -0.2) is 29.2 Å². The number of nitrogens with one attached hydrogen (secondary N) is 1. The summed E-state index contributed by atoms with van der Waals surface area (Å²) in [5.74, 6) is 0.407. The number of carbonyl (C=O) groups excluding carboxylic acids is 1. The molecule has 4 N–H and O–H groups in total. The predicted molar refractivity (Wildman–Crippen MR) is 63.9 cm³/mol. The normalized spacial score (nSPS) is 20.3. The minimum Gasteiger partial charge on any atom is -0.391 e. The van der Waals surface area contributed by atoms with Crippen molar-refractivity contribution < 1.29 is 9.90 Å². The molecular formula is C12H24N2O2. The highest BCUT2D eigenvalue weighted by Crippen LogP contribution is 2.31. The van der Waals surface area contributed by atoms with Crippen molar-refractivity contribution in [2.24, 2.45) is 11.7 Å². The van der Waals surface area contributed by atoms with Crippen LogP contribution in [0.25, 0.3) is 0 Å². The molecule has 4 nitrogen and oxygen atoms in total. The van der Waals surface area contributed by atoms with Gasteiger partial charge in [-0.3, -0.25) is 4.79 Å². The third-order valence-corrected chi connectivity index (χ3v) is 3.14. The van der Waals surface area contributed by atoms with E-state index in [1.807, 2.05) is 13.8 Å². The van der Waals surface area contributed by atoms with E-state index in [0.717, 1.165) is 19.3 Å². The number of carbonyl (C=O) groups is 1. The number of amides is 1. The molecule has 0 bridgehead atoms. The summed E-state index contributed by atoms with van der Waals surface area (Å²) in [5, 5.41) is 12.3.